The molecule has 1 N–H and O–H groups in total. The van der Waals surface area contributed by atoms with Crippen molar-refractivity contribution < 1.29 is 4.79 Å². The van der Waals surface area contributed by atoms with E-state index in [0.29, 0.717) is 17.3 Å². The van der Waals surface area contributed by atoms with Gasteiger partial charge in [0.2, 0.25) is 0 Å². The molecule has 2 aromatic rings. The number of likely N-dealkylation sites (N-methyl/N-ethyl adjacent to an activating group) is 1. The molecule has 0 atom stereocenters. The molecule has 7 heteroatoms. The van der Waals surface area contributed by atoms with E-state index >= 15 is 0 Å². The number of rotatable bonds is 4. The molecule has 6 nitrogen and oxygen atoms in total. The summed E-state index contributed by atoms with van der Waals surface area (Å²) in [5.74, 6) is 0.808. The average Bonchev–Trinajstić information content (AvgIpc) is 2.61. The van der Waals surface area contributed by atoms with Gasteiger partial charge in [-0.05, 0) is 30.8 Å². The Morgan fingerprint density at radius 1 is 1.12 bits per heavy atom. The van der Waals surface area contributed by atoms with Crippen molar-refractivity contribution >= 4 is 23.3 Å². The fourth-order valence-corrected chi connectivity index (χ4v) is 2.65. The lowest BCUT2D eigenvalue weighted by atomic mass is 10.2. The zero-order valence-corrected chi connectivity index (χ0v) is 14.3. The Morgan fingerprint density at radius 3 is 2.54 bits per heavy atom. The molecule has 0 radical (unpaired) electrons. The van der Waals surface area contributed by atoms with E-state index in [9.17, 15) is 4.79 Å². The van der Waals surface area contributed by atoms with Crippen molar-refractivity contribution in [3.8, 4) is 0 Å². The first-order valence-electron chi connectivity index (χ1n) is 7.90. The molecule has 1 fully saturated rings. The molecule has 126 valence electrons. The second kappa shape index (κ2) is 7.59. The molecule has 1 saturated heterocycles. The Kier molecular flexibility index (Phi) is 5.27. The molecule has 3 heterocycles. The zero-order chi connectivity index (χ0) is 16.9. The molecule has 2 aromatic heterocycles. The lowest BCUT2D eigenvalue weighted by Gasteiger charge is -2.33. The summed E-state index contributed by atoms with van der Waals surface area (Å²) in [4.78, 5) is 25.1. The van der Waals surface area contributed by atoms with E-state index < -0.39 is 0 Å². The van der Waals surface area contributed by atoms with Crippen LogP contribution >= 0.6 is 11.6 Å². The standard InChI is InChI=1S/C17H20ClN5O/c1-22-6-8-23(9-7-22)16-5-2-13(10-20-16)11-21-17(24)14-3-4-15(18)19-12-14/h2-5,10,12H,6-9,11H2,1H3,(H,21,24). The molecular formula is C17H20ClN5O. The first kappa shape index (κ1) is 16.7. The molecule has 0 bridgehead atoms. The third kappa shape index (κ3) is 4.21. The summed E-state index contributed by atoms with van der Waals surface area (Å²) in [6, 6.07) is 7.26. The van der Waals surface area contributed by atoms with Gasteiger partial charge >= 0.3 is 0 Å². The van der Waals surface area contributed by atoms with Crippen LogP contribution in [0.1, 0.15) is 15.9 Å². The maximum Gasteiger partial charge on any atom is 0.253 e. The van der Waals surface area contributed by atoms with E-state index in [2.05, 4.69) is 32.1 Å². The van der Waals surface area contributed by atoms with Gasteiger partial charge in [0.1, 0.15) is 11.0 Å². The van der Waals surface area contributed by atoms with Crippen LogP contribution in [0, 0.1) is 0 Å². The van der Waals surface area contributed by atoms with Gasteiger partial charge in [0.05, 0.1) is 5.56 Å². The van der Waals surface area contributed by atoms with Gasteiger partial charge in [-0.2, -0.15) is 0 Å². The number of nitrogens with zero attached hydrogens (tertiary/aromatic N) is 4. The third-order valence-corrected chi connectivity index (χ3v) is 4.30. The van der Waals surface area contributed by atoms with Crippen LogP contribution < -0.4 is 10.2 Å². The number of hydrogen-bond acceptors (Lipinski definition) is 5. The number of piperazine rings is 1. The Morgan fingerprint density at radius 2 is 1.92 bits per heavy atom. The van der Waals surface area contributed by atoms with Crippen LogP contribution in [0.5, 0.6) is 0 Å². The van der Waals surface area contributed by atoms with Crippen LogP contribution in [0.25, 0.3) is 0 Å². The smallest absolute Gasteiger partial charge is 0.253 e. The van der Waals surface area contributed by atoms with Crippen LogP contribution in [0.2, 0.25) is 5.15 Å². The number of hydrogen-bond donors (Lipinski definition) is 1. The van der Waals surface area contributed by atoms with Gasteiger partial charge in [0.25, 0.3) is 5.91 Å². The lowest BCUT2D eigenvalue weighted by Crippen LogP contribution is -2.44. The zero-order valence-electron chi connectivity index (χ0n) is 13.6. The first-order chi connectivity index (χ1) is 11.6. The maximum atomic E-state index is 12.0. The van der Waals surface area contributed by atoms with Crippen molar-refractivity contribution in [2.24, 2.45) is 0 Å². The van der Waals surface area contributed by atoms with Gasteiger partial charge in [0, 0.05) is 45.1 Å². The molecule has 0 unspecified atom stereocenters. The Bertz CT molecular complexity index is 681. The van der Waals surface area contributed by atoms with E-state index in [0.717, 1.165) is 37.6 Å². The summed E-state index contributed by atoms with van der Waals surface area (Å²) in [5, 5.41) is 3.23. The summed E-state index contributed by atoms with van der Waals surface area (Å²) >= 11 is 5.72. The van der Waals surface area contributed by atoms with Gasteiger partial charge in [-0.3, -0.25) is 4.79 Å². The maximum absolute atomic E-state index is 12.0. The SMILES string of the molecule is CN1CCN(c2ccc(CNC(=O)c3ccc(Cl)nc3)cn2)CC1. The molecule has 24 heavy (non-hydrogen) atoms. The predicted molar refractivity (Wildman–Crippen MR) is 94.4 cm³/mol. The van der Waals surface area contributed by atoms with E-state index in [4.69, 9.17) is 11.6 Å². The van der Waals surface area contributed by atoms with Crippen molar-refractivity contribution in [2.45, 2.75) is 6.54 Å². The van der Waals surface area contributed by atoms with Crippen molar-refractivity contribution in [2.75, 3.05) is 38.1 Å². The molecule has 1 amide bonds. The predicted octanol–water partition coefficient (Wildman–Crippen LogP) is 1.81. The minimum atomic E-state index is -0.178. The number of aromatic nitrogens is 2. The van der Waals surface area contributed by atoms with Crippen LogP contribution in [-0.4, -0.2) is 54.0 Å². The highest BCUT2D eigenvalue weighted by Gasteiger charge is 2.15. The number of nitrogens with one attached hydrogen (secondary N) is 1. The first-order valence-corrected chi connectivity index (χ1v) is 8.28. The van der Waals surface area contributed by atoms with Crippen molar-refractivity contribution in [1.82, 2.24) is 20.2 Å². The fourth-order valence-electron chi connectivity index (χ4n) is 2.54. The summed E-state index contributed by atoms with van der Waals surface area (Å²) in [7, 11) is 2.13. The van der Waals surface area contributed by atoms with E-state index in [-0.39, 0.29) is 5.91 Å². The summed E-state index contributed by atoms with van der Waals surface area (Å²) in [5.41, 5.74) is 1.45. The molecule has 0 saturated carbocycles. The quantitative estimate of drug-likeness (QED) is 0.856. The third-order valence-electron chi connectivity index (χ3n) is 4.08. The minimum absolute atomic E-state index is 0.178. The number of anilines is 1. The van der Waals surface area contributed by atoms with Gasteiger partial charge in [-0.15, -0.1) is 0 Å². The van der Waals surface area contributed by atoms with Gasteiger partial charge in [0.15, 0.2) is 0 Å². The Hall–Kier alpha value is -2.18. The monoisotopic (exact) mass is 345 g/mol. The molecule has 0 aromatic carbocycles. The Balaban J connectivity index is 1.54. The summed E-state index contributed by atoms with van der Waals surface area (Å²) < 4.78 is 0. The average molecular weight is 346 g/mol. The molecule has 0 aliphatic carbocycles. The number of carbonyl (C=O) groups is 1. The highest BCUT2D eigenvalue weighted by atomic mass is 35.5. The Labute approximate surface area is 146 Å². The van der Waals surface area contributed by atoms with Gasteiger partial charge in [-0.25, -0.2) is 9.97 Å². The second-order valence-corrected chi connectivity index (χ2v) is 6.25. The second-order valence-electron chi connectivity index (χ2n) is 5.87. The molecular weight excluding hydrogens is 326 g/mol. The highest BCUT2D eigenvalue weighted by Crippen LogP contribution is 2.13. The van der Waals surface area contributed by atoms with E-state index in [1.807, 2.05) is 18.3 Å². The number of halogens is 1. The normalized spacial score (nSPS) is 15.3. The number of pyridine rings is 2. The molecule has 1 aliphatic rings. The number of carbonyl (C=O) groups excluding carboxylic acids is 1. The van der Waals surface area contributed by atoms with Crippen LogP contribution in [-0.2, 0) is 6.54 Å². The minimum Gasteiger partial charge on any atom is -0.354 e. The van der Waals surface area contributed by atoms with Gasteiger partial charge < -0.3 is 15.1 Å². The van der Waals surface area contributed by atoms with Crippen LogP contribution in [0.3, 0.4) is 0 Å². The van der Waals surface area contributed by atoms with Crippen LogP contribution in [0.15, 0.2) is 36.7 Å². The van der Waals surface area contributed by atoms with Crippen LogP contribution in [0.4, 0.5) is 5.82 Å². The molecule has 3 rings (SSSR count). The number of amides is 1. The lowest BCUT2D eigenvalue weighted by molar-refractivity contribution is 0.0950. The topological polar surface area (TPSA) is 61.4 Å². The summed E-state index contributed by atoms with van der Waals surface area (Å²) in [6.07, 6.45) is 3.28. The van der Waals surface area contributed by atoms with Crippen molar-refractivity contribution in [3.63, 3.8) is 0 Å². The molecule has 1 aliphatic heterocycles. The van der Waals surface area contributed by atoms with Crippen molar-refractivity contribution in [3.05, 3.63) is 52.9 Å². The van der Waals surface area contributed by atoms with E-state index in [1.54, 1.807) is 12.1 Å². The van der Waals surface area contributed by atoms with Gasteiger partial charge in [-0.1, -0.05) is 17.7 Å². The molecule has 0 spiro atoms. The largest absolute Gasteiger partial charge is 0.354 e. The van der Waals surface area contributed by atoms with E-state index in [1.165, 1.54) is 6.20 Å². The highest BCUT2D eigenvalue weighted by molar-refractivity contribution is 6.29. The fraction of sp³-hybridized carbons (Fsp3) is 0.353. The van der Waals surface area contributed by atoms with Crippen molar-refractivity contribution in [1.29, 1.82) is 0 Å². The summed E-state index contributed by atoms with van der Waals surface area (Å²) in [6.45, 7) is 4.51.